The van der Waals surface area contributed by atoms with Crippen molar-refractivity contribution in [1.29, 1.82) is 0 Å². The lowest BCUT2D eigenvalue weighted by molar-refractivity contribution is -0.119. The van der Waals surface area contributed by atoms with E-state index in [1.807, 2.05) is 24.3 Å². The molecule has 28 heavy (non-hydrogen) atoms. The Kier molecular flexibility index (Phi) is 11.5. The van der Waals surface area contributed by atoms with Crippen molar-refractivity contribution >= 4 is 48.0 Å². The number of nitrogens with one attached hydrogen (secondary N) is 3. The molecule has 2 amide bonds. The largest absolute Gasteiger partial charge is 0.326 e. The predicted molar refractivity (Wildman–Crippen MR) is 119 cm³/mol. The number of benzene rings is 1. The van der Waals surface area contributed by atoms with Crippen LogP contribution in [0.3, 0.4) is 0 Å². The standard InChI is InChI=1S/C20H30N4O2.2ClH/c25-19(15-24-12-4-2-1-3-5-13-24)22-17-6-8-18(9-7-17)23-20(26)16-10-11-21-14-16;;/h6-9,16,21H,1-5,10-15H2,(H,22,25)(H,23,26);2*1H. The summed E-state index contributed by atoms with van der Waals surface area (Å²) in [6.45, 7) is 4.12. The molecule has 0 radical (unpaired) electrons. The van der Waals surface area contributed by atoms with Crippen molar-refractivity contribution in [2.45, 2.75) is 38.5 Å². The number of hydrogen-bond donors (Lipinski definition) is 3. The zero-order chi connectivity index (χ0) is 18.2. The van der Waals surface area contributed by atoms with E-state index in [0.29, 0.717) is 6.54 Å². The van der Waals surface area contributed by atoms with Gasteiger partial charge in [-0.1, -0.05) is 19.3 Å². The molecule has 1 aromatic rings. The van der Waals surface area contributed by atoms with Gasteiger partial charge in [-0.25, -0.2) is 0 Å². The number of anilines is 2. The molecule has 0 aliphatic carbocycles. The maximum absolute atomic E-state index is 12.3. The van der Waals surface area contributed by atoms with Crippen LogP contribution in [0.15, 0.2) is 24.3 Å². The highest BCUT2D eigenvalue weighted by atomic mass is 35.5. The van der Waals surface area contributed by atoms with Crippen molar-refractivity contribution in [3.05, 3.63) is 24.3 Å². The van der Waals surface area contributed by atoms with Gasteiger partial charge in [-0.2, -0.15) is 0 Å². The van der Waals surface area contributed by atoms with Gasteiger partial charge in [0.15, 0.2) is 0 Å². The van der Waals surface area contributed by atoms with Gasteiger partial charge in [0.25, 0.3) is 0 Å². The lowest BCUT2D eigenvalue weighted by Gasteiger charge is -2.23. The van der Waals surface area contributed by atoms with Crippen molar-refractivity contribution < 1.29 is 9.59 Å². The Morgan fingerprint density at radius 1 is 0.929 bits per heavy atom. The molecule has 3 rings (SSSR count). The van der Waals surface area contributed by atoms with Crippen LogP contribution in [0.2, 0.25) is 0 Å². The van der Waals surface area contributed by atoms with Crippen LogP contribution in [0.25, 0.3) is 0 Å². The maximum Gasteiger partial charge on any atom is 0.238 e. The Bertz CT molecular complexity index is 599. The molecule has 1 atom stereocenters. The third-order valence-corrected chi connectivity index (χ3v) is 5.18. The van der Waals surface area contributed by atoms with Crippen molar-refractivity contribution in [2.24, 2.45) is 5.92 Å². The average molecular weight is 431 g/mol. The molecule has 0 saturated carbocycles. The molecule has 1 aromatic carbocycles. The molecule has 1 unspecified atom stereocenters. The summed E-state index contributed by atoms with van der Waals surface area (Å²) >= 11 is 0. The SMILES string of the molecule is Cl.Cl.O=C(CN1CCCCCCC1)Nc1ccc(NC(=O)C2CCNC2)cc1. The summed E-state index contributed by atoms with van der Waals surface area (Å²) in [6.07, 6.45) is 7.09. The lowest BCUT2D eigenvalue weighted by Crippen LogP contribution is -2.35. The van der Waals surface area contributed by atoms with E-state index in [-0.39, 0.29) is 42.5 Å². The van der Waals surface area contributed by atoms with Crippen LogP contribution in [-0.2, 0) is 9.59 Å². The van der Waals surface area contributed by atoms with Gasteiger partial charge in [-0.15, -0.1) is 24.8 Å². The number of carbonyl (C=O) groups is 2. The molecule has 8 heteroatoms. The van der Waals surface area contributed by atoms with E-state index >= 15 is 0 Å². The van der Waals surface area contributed by atoms with E-state index < -0.39 is 0 Å². The normalized spacial score (nSPS) is 20.1. The van der Waals surface area contributed by atoms with Crippen LogP contribution in [0, 0.1) is 5.92 Å². The van der Waals surface area contributed by atoms with Gasteiger partial charge >= 0.3 is 0 Å². The molecule has 0 bridgehead atoms. The number of amides is 2. The number of rotatable bonds is 5. The second kappa shape index (κ2) is 13.0. The second-order valence-electron chi connectivity index (χ2n) is 7.35. The monoisotopic (exact) mass is 430 g/mol. The smallest absolute Gasteiger partial charge is 0.238 e. The first-order chi connectivity index (χ1) is 12.7. The fourth-order valence-electron chi connectivity index (χ4n) is 3.63. The number of likely N-dealkylation sites (tertiary alicyclic amines) is 1. The highest BCUT2D eigenvalue weighted by molar-refractivity contribution is 5.94. The van der Waals surface area contributed by atoms with Crippen molar-refractivity contribution in [2.75, 3.05) is 43.4 Å². The maximum atomic E-state index is 12.3. The summed E-state index contributed by atoms with van der Waals surface area (Å²) in [5.41, 5.74) is 1.53. The van der Waals surface area contributed by atoms with Crippen molar-refractivity contribution in [3.8, 4) is 0 Å². The van der Waals surface area contributed by atoms with Crippen LogP contribution in [0.5, 0.6) is 0 Å². The minimum absolute atomic E-state index is 0. The van der Waals surface area contributed by atoms with E-state index in [1.165, 1.54) is 32.1 Å². The topological polar surface area (TPSA) is 73.5 Å². The first-order valence-electron chi connectivity index (χ1n) is 9.84. The third kappa shape index (κ3) is 7.95. The Hall–Kier alpha value is -1.34. The first kappa shape index (κ1) is 24.7. The van der Waals surface area contributed by atoms with Crippen LogP contribution in [0.4, 0.5) is 11.4 Å². The number of carbonyl (C=O) groups excluding carboxylic acids is 2. The minimum Gasteiger partial charge on any atom is -0.326 e. The van der Waals surface area contributed by atoms with E-state index in [0.717, 1.165) is 44.0 Å². The molecule has 3 N–H and O–H groups in total. The first-order valence-corrected chi connectivity index (χ1v) is 9.84. The summed E-state index contributed by atoms with van der Waals surface area (Å²) in [4.78, 5) is 26.7. The lowest BCUT2D eigenvalue weighted by atomic mass is 10.1. The fourth-order valence-corrected chi connectivity index (χ4v) is 3.63. The highest BCUT2D eigenvalue weighted by Gasteiger charge is 2.22. The molecule has 2 aliphatic rings. The van der Waals surface area contributed by atoms with E-state index in [1.54, 1.807) is 0 Å². The third-order valence-electron chi connectivity index (χ3n) is 5.18. The molecular weight excluding hydrogens is 399 g/mol. The summed E-state index contributed by atoms with van der Waals surface area (Å²) in [6, 6.07) is 7.36. The summed E-state index contributed by atoms with van der Waals surface area (Å²) in [5, 5.41) is 9.10. The number of nitrogens with zero attached hydrogens (tertiary/aromatic N) is 1. The van der Waals surface area contributed by atoms with Gasteiger partial charge in [0.05, 0.1) is 12.5 Å². The Labute approximate surface area is 180 Å². The van der Waals surface area contributed by atoms with Crippen molar-refractivity contribution in [1.82, 2.24) is 10.2 Å². The summed E-state index contributed by atoms with van der Waals surface area (Å²) < 4.78 is 0. The van der Waals surface area contributed by atoms with Crippen LogP contribution < -0.4 is 16.0 Å². The molecule has 2 heterocycles. The van der Waals surface area contributed by atoms with E-state index in [4.69, 9.17) is 0 Å². The van der Waals surface area contributed by atoms with Crippen LogP contribution in [-0.4, -0.2) is 49.4 Å². The Balaban J connectivity index is 0.00000196. The van der Waals surface area contributed by atoms with Gasteiger partial charge in [0, 0.05) is 17.9 Å². The molecule has 2 aliphatic heterocycles. The van der Waals surface area contributed by atoms with E-state index in [2.05, 4.69) is 20.9 Å². The Morgan fingerprint density at radius 2 is 1.50 bits per heavy atom. The summed E-state index contributed by atoms with van der Waals surface area (Å²) in [7, 11) is 0. The molecule has 6 nitrogen and oxygen atoms in total. The molecule has 2 saturated heterocycles. The molecule has 0 spiro atoms. The van der Waals surface area contributed by atoms with Gasteiger partial charge in [0.1, 0.15) is 0 Å². The highest BCUT2D eigenvalue weighted by Crippen LogP contribution is 2.17. The second-order valence-corrected chi connectivity index (χ2v) is 7.35. The van der Waals surface area contributed by atoms with Gasteiger partial charge in [-0.05, 0) is 63.2 Å². The predicted octanol–water partition coefficient (Wildman–Crippen LogP) is 3.28. The van der Waals surface area contributed by atoms with Crippen LogP contribution in [0.1, 0.15) is 38.5 Å². The number of halogens is 2. The zero-order valence-corrected chi connectivity index (χ0v) is 17.9. The quantitative estimate of drug-likeness (QED) is 0.669. The van der Waals surface area contributed by atoms with Crippen LogP contribution >= 0.6 is 24.8 Å². The molecule has 2 fully saturated rings. The van der Waals surface area contributed by atoms with Gasteiger partial charge in [-0.3, -0.25) is 14.5 Å². The number of hydrogen-bond acceptors (Lipinski definition) is 4. The average Bonchev–Trinajstić information content (AvgIpc) is 3.14. The van der Waals surface area contributed by atoms with Crippen molar-refractivity contribution in [3.63, 3.8) is 0 Å². The summed E-state index contributed by atoms with van der Waals surface area (Å²) in [5.74, 6) is 0.135. The fraction of sp³-hybridized carbons (Fsp3) is 0.600. The Morgan fingerprint density at radius 3 is 2.07 bits per heavy atom. The minimum atomic E-state index is 0. The molecule has 158 valence electrons. The van der Waals surface area contributed by atoms with E-state index in [9.17, 15) is 9.59 Å². The zero-order valence-electron chi connectivity index (χ0n) is 16.2. The van der Waals surface area contributed by atoms with Gasteiger partial charge in [0.2, 0.25) is 11.8 Å². The molecular formula is C20H32Cl2N4O2. The molecule has 0 aromatic heterocycles. The van der Waals surface area contributed by atoms with Gasteiger partial charge < -0.3 is 16.0 Å².